The van der Waals surface area contributed by atoms with Crippen molar-refractivity contribution in [2.75, 3.05) is 25.1 Å². The molecule has 12 heteroatoms. The Hall–Kier alpha value is -3.77. The quantitative estimate of drug-likeness (QED) is 0.284. The first-order valence-electron chi connectivity index (χ1n) is 16.7. The van der Waals surface area contributed by atoms with Crippen molar-refractivity contribution in [2.24, 2.45) is 5.92 Å². The molecule has 3 fully saturated rings. The van der Waals surface area contributed by atoms with E-state index in [0.29, 0.717) is 19.1 Å². The number of ether oxygens (including phenoxy) is 4. The number of rotatable bonds is 7. The van der Waals surface area contributed by atoms with Crippen molar-refractivity contribution >= 4 is 28.9 Å². The van der Waals surface area contributed by atoms with Gasteiger partial charge in [0.15, 0.2) is 5.79 Å². The molecule has 1 saturated heterocycles. The molecule has 2 amide bonds. The number of aromatic nitrogens is 4. The average molecular weight is 649 g/mol. The van der Waals surface area contributed by atoms with E-state index in [9.17, 15) is 9.59 Å². The van der Waals surface area contributed by atoms with Crippen LogP contribution in [0.15, 0.2) is 30.6 Å². The zero-order valence-corrected chi connectivity index (χ0v) is 28.8. The predicted molar refractivity (Wildman–Crippen MR) is 177 cm³/mol. The molecule has 3 heterocycles. The molecule has 2 aromatic heterocycles. The van der Waals surface area contributed by atoms with Gasteiger partial charge in [0, 0.05) is 24.2 Å². The summed E-state index contributed by atoms with van der Waals surface area (Å²) in [6.45, 7) is 15.8. The van der Waals surface area contributed by atoms with E-state index in [1.807, 2.05) is 42.9 Å². The van der Waals surface area contributed by atoms with Gasteiger partial charge in [0.25, 0.3) is 0 Å². The molecule has 0 spiro atoms. The molecule has 1 aromatic carbocycles. The van der Waals surface area contributed by atoms with Gasteiger partial charge in [-0.25, -0.2) is 19.5 Å². The summed E-state index contributed by atoms with van der Waals surface area (Å²) in [6, 6.07) is 6.13. The number of carbonyl (C=O) groups excluding carboxylic acids is 2. The van der Waals surface area contributed by atoms with Crippen molar-refractivity contribution in [3.05, 3.63) is 36.3 Å². The van der Waals surface area contributed by atoms with Crippen LogP contribution in [-0.2, 0) is 18.9 Å². The van der Waals surface area contributed by atoms with Crippen molar-refractivity contribution in [3.63, 3.8) is 0 Å². The van der Waals surface area contributed by atoms with E-state index in [-0.39, 0.29) is 24.5 Å². The summed E-state index contributed by atoms with van der Waals surface area (Å²) >= 11 is 0. The Balaban J connectivity index is 1.16. The molecule has 47 heavy (non-hydrogen) atoms. The molecule has 3 aromatic rings. The molecule has 1 aliphatic heterocycles. The van der Waals surface area contributed by atoms with E-state index in [0.717, 1.165) is 64.3 Å². The zero-order chi connectivity index (χ0) is 33.7. The maximum absolute atomic E-state index is 13.0. The Kier molecular flexibility index (Phi) is 8.71. The summed E-state index contributed by atoms with van der Waals surface area (Å²) in [7, 11) is 0. The van der Waals surface area contributed by atoms with Crippen LogP contribution in [0.1, 0.15) is 98.7 Å². The second-order valence-electron chi connectivity index (χ2n) is 15.5. The molecule has 6 rings (SSSR count). The highest BCUT2D eigenvalue weighted by atomic mass is 16.7. The van der Waals surface area contributed by atoms with Gasteiger partial charge < -0.3 is 24.3 Å². The summed E-state index contributed by atoms with van der Waals surface area (Å²) in [6.07, 6.45) is 6.31. The van der Waals surface area contributed by atoms with E-state index in [1.54, 1.807) is 41.5 Å². The lowest BCUT2D eigenvalue weighted by Crippen LogP contribution is -2.47. The highest BCUT2D eigenvalue weighted by Crippen LogP contribution is 2.46. The number of para-hydroxylation sites is 1. The molecular weight excluding hydrogens is 600 g/mol. The monoisotopic (exact) mass is 648 g/mol. The first-order valence-corrected chi connectivity index (χ1v) is 16.7. The van der Waals surface area contributed by atoms with Crippen molar-refractivity contribution in [1.82, 2.24) is 24.6 Å². The van der Waals surface area contributed by atoms with Crippen LogP contribution < -0.4 is 5.32 Å². The van der Waals surface area contributed by atoms with E-state index >= 15 is 0 Å². The van der Waals surface area contributed by atoms with Crippen LogP contribution in [0.3, 0.4) is 0 Å². The van der Waals surface area contributed by atoms with Crippen LogP contribution in [0.25, 0.3) is 22.3 Å². The minimum absolute atomic E-state index is 0.0152. The number of nitrogens with one attached hydrogen (secondary N) is 1. The predicted octanol–water partition coefficient (Wildman–Crippen LogP) is 7.06. The number of benzene rings is 1. The third kappa shape index (κ3) is 8.03. The van der Waals surface area contributed by atoms with Gasteiger partial charge in [-0.1, -0.05) is 6.07 Å². The lowest BCUT2D eigenvalue weighted by atomic mass is 9.80. The summed E-state index contributed by atoms with van der Waals surface area (Å²) in [5.41, 5.74) is 3.88. The van der Waals surface area contributed by atoms with E-state index < -0.39 is 29.2 Å². The number of carbonyl (C=O) groups is 2. The molecule has 0 bridgehead atoms. The van der Waals surface area contributed by atoms with Crippen LogP contribution in [0.4, 0.5) is 15.3 Å². The number of amides is 2. The molecule has 2 aliphatic carbocycles. The molecule has 1 N–H and O–H groups in total. The lowest BCUT2D eigenvalue weighted by molar-refractivity contribution is -0.247. The van der Waals surface area contributed by atoms with Crippen LogP contribution in [0.5, 0.6) is 0 Å². The Labute approximate surface area is 276 Å². The number of fused-ring (bicyclic) bond motifs is 1. The van der Waals surface area contributed by atoms with Gasteiger partial charge in [0.05, 0.1) is 54.1 Å². The summed E-state index contributed by atoms with van der Waals surface area (Å²) in [4.78, 5) is 37.0. The van der Waals surface area contributed by atoms with Gasteiger partial charge in [-0.3, -0.25) is 9.67 Å². The maximum Gasteiger partial charge on any atom is 0.419 e. The Morgan fingerprint density at radius 3 is 2.26 bits per heavy atom. The molecule has 254 valence electrons. The fourth-order valence-corrected chi connectivity index (χ4v) is 5.91. The standard InChI is InChI=1S/C35H48N6O6/c1-33(2,3)46-31(42)40(32(43)47-34(4,5)6)17-21-14-24(15-21)41-18-25(29(39-41)22-12-13-22)28-16-36-30-26(10-9-11-27(30)38-28)37-23-19-44-35(7,8)45-20-23/h9-11,16,18,21-24,37H,12-15,17,19-20H2,1-8H3. The Morgan fingerprint density at radius 1 is 1.02 bits per heavy atom. The lowest BCUT2D eigenvalue weighted by Gasteiger charge is -2.38. The third-order valence-electron chi connectivity index (χ3n) is 8.45. The minimum atomic E-state index is -0.731. The summed E-state index contributed by atoms with van der Waals surface area (Å²) in [5.74, 6) is -0.0523. The largest absolute Gasteiger partial charge is 0.443 e. The fourth-order valence-electron chi connectivity index (χ4n) is 5.91. The maximum atomic E-state index is 13.0. The van der Waals surface area contributed by atoms with Crippen LogP contribution in [-0.4, -0.2) is 79.6 Å². The smallest absolute Gasteiger partial charge is 0.419 e. The van der Waals surface area contributed by atoms with Crippen molar-refractivity contribution in [2.45, 2.75) is 116 Å². The van der Waals surface area contributed by atoms with Crippen molar-refractivity contribution < 1.29 is 28.5 Å². The topological polar surface area (TPSA) is 130 Å². The van der Waals surface area contributed by atoms with E-state index in [4.69, 9.17) is 34.0 Å². The first kappa shape index (κ1) is 33.1. The number of anilines is 1. The van der Waals surface area contributed by atoms with E-state index in [2.05, 4.69) is 11.5 Å². The Bertz CT molecular complexity index is 1590. The molecular formula is C35H48N6O6. The summed E-state index contributed by atoms with van der Waals surface area (Å²) in [5, 5.41) is 8.57. The van der Waals surface area contributed by atoms with Crippen LogP contribution >= 0.6 is 0 Å². The molecule has 0 atom stereocenters. The summed E-state index contributed by atoms with van der Waals surface area (Å²) < 4.78 is 24.8. The van der Waals surface area contributed by atoms with Crippen molar-refractivity contribution in [3.8, 4) is 11.3 Å². The number of imide groups is 1. The normalized spacial score (nSPS) is 21.6. The van der Waals surface area contributed by atoms with Gasteiger partial charge in [-0.2, -0.15) is 5.10 Å². The van der Waals surface area contributed by atoms with Gasteiger partial charge >= 0.3 is 12.2 Å². The fraction of sp³-hybridized carbons (Fsp3) is 0.629. The average Bonchev–Trinajstić information content (AvgIpc) is 3.70. The highest BCUT2D eigenvalue weighted by molar-refractivity contribution is 5.89. The van der Waals surface area contributed by atoms with Gasteiger partial charge in [0.2, 0.25) is 0 Å². The van der Waals surface area contributed by atoms with Crippen LogP contribution in [0.2, 0.25) is 0 Å². The number of hydrogen-bond donors (Lipinski definition) is 1. The second kappa shape index (κ2) is 12.4. The van der Waals surface area contributed by atoms with Gasteiger partial charge in [-0.15, -0.1) is 0 Å². The van der Waals surface area contributed by atoms with Crippen LogP contribution in [0, 0.1) is 5.92 Å². The molecule has 12 nitrogen and oxygen atoms in total. The molecule has 3 aliphatic rings. The van der Waals surface area contributed by atoms with Gasteiger partial charge in [0.1, 0.15) is 16.7 Å². The Morgan fingerprint density at radius 2 is 1.66 bits per heavy atom. The minimum Gasteiger partial charge on any atom is -0.443 e. The highest BCUT2D eigenvalue weighted by Gasteiger charge is 2.40. The number of nitrogens with zero attached hydrogens (tertiary/aromatic N) is 5. The molecule has 0 unspecified atom stereocenters. The zero-order valence-electron chi connectivity index (χ0n) is 28.8. The molecule has 0 radical (unpaired) electrons. The van der Waals surface area contributed by atoms with Crippen molar-refractivity contribution in [1.29, 1.82) is 0 Å². The third-order valence-corrected chi connectivity index (χ3v) is 8.45. The van der Waals surface area contributed by atoms with Gasteiger partial charge in [-0.05, 0) is 99.1 Å². The first-order chi connectivity index (χ1) is 22.0. The molecule has 2 saturated carbocycles. The second-order valence-corrected chi connectivity index (χ2v) is 15.5. The SMILES string of the molecule is CC(C)(C)OC(=O)N(CC1CC(n2cc(-c3cnc4c(NC5COC(C)(C)OC5)cccc4n3)c(C3CC3)n2)C1)C(=O)OC(C)(C)C. The van der Waals surface area contributed by atoms with E-state index in [1.165, 1.54) is 0 Å². The number of hydrogen-bond acceptors (Lipinski definition) is 10.